The molecule has 7 nitrogen and oxygen atoms in total. The smallest absolute Gasteiger partial charge is 0.308 e. The number of hydrogen-bond acceptors (Lipinski definition) is 5. The highest BCUT2D eigenvalue weighted by Crippen LogP contribution is 2.22. The van der Waals surface area contributed by atoms with Gasteiger partial charge in [-0.3, -0.25) is 24.1 Å². The molecule has 0 aliphatic carbocycles. The molecule has 2 aromatic rings. The van der Waals surface area contributed by atoms with Gasteiger partial charge in [0.05, 0.1) is 17.5 Å². The number of anilines is 1. The Kier molecular flexibility index (Phi) is 5.54. The Bertz CT molecular complexity index is 932. The molecule has 1 heterocycles. The molecule has 3 rings (SSSR count). The van der Waals surface area contributed by atoms with E-state index in [9.17, 15) is 19.2 Å². The molecule has 0 radical (unpaired) electrons. The second-order valence-electron chi connectivity index (χ2n) is 6.58. The van der Waals surface area contributed by atoms with E-state index in [1.807, 2.05) is 32.0 Å². The maximum absolute atomic E-state index is 12.2. The number of amides is 3. The molecule has 0 saturated heterocycles. The number of nitrogens with zero attached hydrogens (tertiary/aromatic N) is 1. The number of carbonyl (C=O) groups is 4. The summed E-state index contributed by atoms with van der Waals surface area (Å²) in [5.74, 6) is -1.97. The van der Waals surface area contributed by atoms with Crippen LogP contribution in [0.25, 0.3) is 0 Å². The first kappa shape index (κ1) is 19.3. The molecular weight excluding hydrogens is 360 g/mol. The summed E-state index contributed by atoms with van der Waals surface area (Å²) in [5.41, 5.74) is 3.21. The number of rotatable bonds is 6. The summed E-state index contributed by atoms with van der Waals surface area (Å²) in [4.78, 5) is 49.4. The topological polar surface area (TPSA) is 92.8 Å². The van der Waals surface area contributed by atoms with Gasteiger partial charge in [-0.1, -0.05) is 24.3 Å². The number of aryl methyl sites for hydroxylation is 2. The second-order valence-corrected chi connectivity index (χ2v) is 6.58. The predicted molar refractivity (Wildman–Crippen MR) is 102 cm³/mol. The molecular formula is C21H20N2O5. The third kappa shape index (κ3) is 4.09. The van der Waals surface area contributed by atoms with Gasteiger partial charge >= 0.3 is 5.97 Å². The van der Waals surface area contributed by atoms with Gasteiger partial charge in [0.1, 0.15) is 0 Å². The van der Waals surface area contributed by atoms with Gasteiger partial charge in [0, 0.05) is 12.2 Å². The molecule has 1 aliphatic rings. The van der Waals surface area contributed by atoms with Crippen molar-refractivity contribution in [3.05, 3.63) is 64.7 Å². The lowest BCUT2D eigenvalue weighted by atomic mass is 10.1. The van der Waals surface area contributed by atoms with Crippen molar-refractivity contribution < 1.29 is 23.9 Å². The molecule has 0 spiro atoms. The lowest BCUT2D eigenvalue weighted by molar-refractivity contribution is -0.147. The summed E-state index contributed by atoms with van der Waals surface area (Å²) in [7, 11) is 0. The molecule has 28 heavy (non-hydrogen) atoms. The van der Waals surface area contributed by atoms with Gasteiger partial charge in [-0.05, 0) is 43.2 Å². The van der Waals surface area contributed by atoms with Crippen molar-refractivity contribution in [3.8, 4) is 0 Å². The number of imide groups is 1. The Morgan fingerprint density at radius 3 is 2.29 bits per heavy atom. The number of esters is 1. The van der Waals surface area contributed by atoms with Crippen LogP contribution < -0.4 is 5.32 Å². The molecule has 1 aliphatic heterocycles. The minimum absolute atomic E-state index is 0.0935. The molecule has 1 N–H and O–H groups in total. The van der Waals surface area contributed by atoms with Crippen LogP contribution in [0.5, 0.6) is 0 Å². The zero-order valence-electron chi connectivity index (χ0n) is 15.7. The maximum atomic E-state index is 12.2. The van der Waals surface area contributed by atoms with Crippen LogP contribution in [0.4, 0.5) is 5.69 Å². The third-order valence-electron chi connectivity index (χ3n) is 4.45. The lowest BCUT2D eigenvalue weighted by Gasteiger charge is -2.13. The lowest BCUT2D eigenvalue weighted by Crippen LogP contribution is -2.32. The van der Waals surface area contributed by atoms with Crippen molar-refractivity contribution in [2.45, 2.75) is 20.3 Å². The monoisotopic (exact) mass is 380 g/mol. The molecule has 144 valence electrons. The maximum Gasteiger partial charge on any atom is 0.308 e. The SMILES string of the molecule is Cc1ccc(C)c(NC(=O)COC(=O)CCN2C(=O)c3ccccc3C2=O)c1. The summed E-state index contributed by atoms with van der Waals surface area (Å²) in [5, 5.41) is 2.69. The first-order valence-corrected chi connectivity index (χ1v) is 8.85. The molecule has 0 saturated carbocycles. The quantitative estimate of drug-likeness (QED) is 0.614. The summed E-state index contributed by atoms with van der Waals surface area (Å²) in [6.45, 7) is 3.25. The van der Waals surface area contributed by atoms with Crippen molar-refractivity contribution in [2.75, 3.05) is 18.5 Å². The second kappa shape index (κ2) is 8.04. The van der Waals surface area contributed by atoms with Gasteiger partial charge in [-0.15, -0.1) is 0 Å². The highest BCUT2D eigenvalue weighted by atomic mass is 16.5. The zero-order valence-corrected chi connectivity index (χ0v) is 15.7. The average molecular weight is 380 g/mol. The van der Waals surface area contributed by atoms with E-state index >= 15 is 0 Å². The van der Waals surface area contributed by atoms with Gasteiger partial charge in [-0.25, -0.2) is 0 Å². The van der Waals surface area contributed by atoms with Crippen LogP contribution >= 0.6 is 0 Å². The van der Waals surface area contributed by atoms with Crippen molar-refractivity contribution in [1.29, 1.82) is 0 Å². The zero-order chi connectivity index (χ0) is 20.3. The summed E-state index contributed by atoms with van der Waals surface area (Å²) in [6, 6.07) is 12.2. The number of hydrogen-bond donors (Lipinski definition) is 1. The first-order chi connectivity index (χ1) is 13.4. The van der Waals surface area contributed by atoms with E-state index in [0.29, 0.717) is 16.8 Å². The molecule has 0 atom stereocenters. The largest absolute Gasteiger partial charge is 0.456 e. The van der Waals surface area contributed by atoms with Gasteiger partial charge in [-0.2, -0.15) is 0 Å². The number of nitrogens with one attached hydrogen (secondary N) is 1. The van der Waals surface area contributed by atoms with E-state index in [1.165, 1.54) is 0 Å². The fourth-order valence-electron chi connectivity index (χ4n) is 2.92. The highest BCUT2D eigenvalue weighted by Gasteiger charge is 2.35. The van der Waals surface area contributed by atoms with Crippen LogP contribution in [0.1, 0.15) is 38.3 Å². The highest BCUT2D eigenvalue weighted by molar-refractivity contribution is 6.21. The summed E-state index contributed by atoms with van der Waals surface area (Å²) < 4.78 is 4.95. The van der Waals surface area contributed by atoms with Crippen molar-refractivity contribution in [3.63, 3.8) is 0 Å². The van der Waals surface area contributed by atoms with E-state index in [2.05, 4.69) is 5.32 Å². The fraction of sp³-hybridized carbons (Fsp3) is 0.238. The molecule has 0 aromatic heterocycles. The van der Waals surface area contributed by atoms with Crippen molar-refractivity contribution in [2.24, 2.45) is 0 Å². The number of ether oxygens (including phenoxy) is 1. The standard InChI is InChI=1S/C21H20N2O5/c1-13-7-8-14(2)17(11-13)22-18(24)12-28-19(25)9-10-23-20(26)15-5-3-4-6-16(15)21(23)27/h3-8,11H,9-10,12H2,1-2H3,(H,22,24). The van der Waals surface area contributed by atoms with Gasteiger partial charge < -0.3 is 10.1 Å². The predicted octanol–water partition coefficient (Wildman–Crippen LogP) is 2.47. The number of carbonyl (C=O) groups excluding carboxylic acids is 4. The molecule has 0 fully saturated rings. The summed E-state index contributed by atoms with van der Waals surface area (Å²) in [6.07, 6.45) is -0.178. The molecule has 2 aromatic carbocycles. The van der Waals surface area contributed by atoms with E-state index in [0.717, 1.165) is 16.0 Å². The minimum Gasteiger partial charge on any atom is -0.456 e. The Balaban J connectivity index is 1.48. The van der Waals surface area contributed by atoms with E-state index < -0.39 is 30.3 Å². The van der Waals surface area contributed by atoms with E-state index in [4.69, 9.17) is 4.74 Å². The molecule has 0 unspecified atom stereocenters. The van der Waals surface area contributed by atoms with E-state index in [-0.39, 0.29) is 13.0 Å². The average Bonchev–Trinajstić information content (AvgIpc) is 2.92. The van der Waals surface area contributed by atoms with Crippen molar-refractivity contribution >= 4 is 29.4 Å². The fourth-order valence-corrected chi connectivity index (χ4v) is 2.92. The Labute approximate surface area is 162 Å². The number of benzene rings is 2. The summed E-state index contributed by atoms with van der Waals surface area (Å²) >= 11 is 0. The minimum atomic E-state index is -0.660. The first-order valence-electron chi connectivity index (χ1n) is 8.85. The molecule has 0 bridgehead atoms. The Hall–Kier alpha value is -3.48. The van der Waals surface area contributed by atoms with Crippen LogP contribution in [-0.2, 0) is 14.3 Å². The van der Waals surface area contributed by atoms with Crippen molar-refractivity contribution in [1.82, 2.24) is 4.90 Å². The Morgan fingerprint density at radius 1 is 1.00 bits per heavy atom. The van der Waals surface area contributed by atoms with Gasteiger partial charge in [0.15, 0.2) is 6.61 Å². The normalized spacial score (nSPS) is 12.7. The van der Waals surface area contributed by atoms with Crippen LogP contribution in [0.2, 0.25) is 0 Å². The van der Waals surface area contributed by atoms with Gasteiger partial charge in [0.2, 0.25) is 0 Å². The molecule has 7 heteroatoms. The van der Waals surface area contributed by atoms with Crippen LogP contribution in [-0.4, -0.2) is 41.7 Å². The number of fused-ring (bicyclic) bond motifs is 1. The van der Waals surface area contributed by atoms with E-state index in [1.54, 1.807) is 24.3 Å². The molecule has 3 amide bonds. The van der Waals surface area contributed by atoms with Gasteiger partial charge in [0.25, 0.3) is 17.7 Å². The Morgan fingerprint density at radius 2 is 1.64 bits per heavy atom. The van der Waals surface area contributed by atoms with Crippen LogP contribution in [0.3, 0.4) is 0 Å². The van der Waals surface area contributed by atoms with Crippen LogP contribution in [0, 0.1) is 13.8 Å². The third-order valence-corrected chi connectivity index (χ3v) is 4.45. The van der Waals surface area contributed by atoms with Crippen LogP contribution in [0.15, 0.2) is 42.5 Å².